The molecule has 3 N–H and O–H groups in total. The van der Waals surface area contributed by atoms with E-state index in [1.54, 1.807) is 10.8 Å². The highest BCUT2D eigenvalue weighted by Gasteiger charge is 2.18. The SMILES string of the molecule is Cc1ccc(-c2n[nH]c(=S)n2CC(=O)Nc2cnn(CC(=O)NC3CCCC3)c2)cc1. The van der Waals surface area contributed by atoms with Crippen LogP contribution in [0, 0.1) is 11.7 Å². The summed E-state index contributed by atoms with van der Waals surface area (Å²) in [5.41, 5.74) is 2.52. The van der Waals surface area contributed by atoms with Crippen LogP contribution in [0.5, 0.6) is 0 Å². The van der Waals surface area contributed by atoms with Gasteiger partial charge in [-0.2, -0.15) is 10.2 Å². The van der Waals surface area contributed by atoms with Crippen LogP contribution in [0.4, 0.5) is 5.69 Å². The number of benzene rings is 1. The number of carbonyl (C=O) groups excluding carboxylic acids is 2. The molecule has 0 atom stereocenters. The predicted octanol–water partition coefficient (Wildman–Crippen LogP) is 2.81. The number of aromatic nitrogens is 5. The van der Waals surface area contributed by atoms with Gasteiger partial charge in [0.05, 0.1) is 11.9 Å². The molecule has 1 aromatic carbocycles. The van der Waals surface area contributed by atoms with Gasteiger partial charge in [0, 0.05) is 17.8 Å². The molecule has 2 amide bonds. The lowest BCUT2D eigenvalue weighted by atomic mass is 10.1. The van der Waals surface area contributed by atoms with Gasteiger partial charge in [0.25, 0.3) is 0 Å². The van der Waals surface area contributed by atoms with Crippen LogP contribution in [0.15, 0.2) is 36.7 Å². The van der Waals surface area contributed by atoms with Crippen LogP contribution in [-0.4, -0.2) is 42.4 Å². The second-order valence-corrected chi connectivity index (χ2v) is 8.21. The first-order chi connectivity index (χ1) is 15.0. The Hall–Kier alpha value is -3.27. The number of aromatic amines is 1. The second-order valence-electron chi connectivity index (χ2n) is 7.83. The molecule has 0 unspecified atom stereocenters. The van der Waals surface area contributed by atoms with Gasteiger partial charge < -0.3 is 10.6 Å². The number of hydrogen-bond donors (Lipinski definition) is 3. The summed E-state index contributed by atoms with van der Waals surface area (Å²) in [6.07, 6.45) is 7.56. The van der Waals surface area contributed by atoms with Crippen LogP contribution in [0.2, 0.25) is 0 Å². The lowest BCUT2D eigenvalue weighted by molar-refractivity contribution is -0.122. The van der Waals surface area contributed by atoms with E-state index in [0.29, 0.717) is 16.3 Å². The molecule has 9 nitrogen and oxygen atoms in total. The topological polar surface area (TPSA) is 110 Å². The van der Waals surface area contributed by atoms with Crippen LogP contribution in [0.3, 0.4) is 0 Å². The van der Waals surface area contributed by atoms with Crippen molar-refractivity contribution in [2.24, 2.45) is 0 Å². The van der Waals surface area contributed by atoms with E-state index in [0.717, 1.165) is 36.8 Å². The highest BCUT2D eigenvalue weighted by molar-refractivity contribution is 7.71. The fourth-order valence-corrected chi connectivity index (χ4v) is 3.93. The van der Waals surface area contributed by atoms with Gasteiger partial charge in [0.15, 0.2) is 10.6 Å². The summed E-state index contributed by atoms with van der Waals surface area (Å²) in [7, 11) is 0. The summed E-state index contributed by atoms with van der Waals surface area (Å²) in [4.78, 5) is 24.8. The lowest BCUT2D eigenvalue weighted by Crippen LogP contribution is -2.35. The fraction of sp³-hybridized carbons (Fsp3) is 0.381. The van der Waals surface area contributed by atoms with Crippen LogP contribution in [0.1, 0.15) is 31.2 Å². The second kappa shape index (κ2) is 9.25. The Balaban J connectivity index is 1.36. The van der Waals surface area contributed by atoms with Gasteiger partial charge in [-0.05, 0) is 32.0 Å². The summed E-state index contributed by atoms with van der Waals surface area (Å²) < 4.78 is 3.53. The van der Waals surface area contributed by atoms with Gasteiger partial charge in [0.1, 0.15) is 13.1 Å². The van der Waals surface area contributed by atoms with Crippen LogP contribution < -0.4 is 10.6 Å². The quantitative estimate of drug-likeness (QED) is 0.491. The van der Waals surface area contributed by atoms with E-state index in [9.17, 15) is 9.59 Å². The summed E-state index contributed by atoms with van der Waals surface area (Å²) in [6, 6.07) is 8.11. The standard InChI is InChI=1S/C21H25N7O2S/c1-14-6-8-15(9-7-14)20-25-26-21(31)28(20)13-19(30)24-17-10-22-27(11-17)12-18(29)23-16-4-2-3-5-16/h6-11,16H,2-5,12-13H2,1H3,(H,23,29)(H,24,30)(H,26,31). The first-order valence-corrected chi connectivity index (χ1v) is 10.7. The van der Waals surface area contributed by atoms with Crippen molar-refractivity contribution < 1.29 is 9.59 Å². The Morgan fingerprint density at radius 2 is 1.90 bits per heavy atom. The molecule has 3 aromatic rings. The molecule has 0 saturated heterocycles. The van der Waals surface area contributed by atoms with Crippen molar-refractivity contribution >= 4 is 29.7 Å². The molecule has 0 bridgehead atoms. The highest BCUT2D eigenvalue weighted by atomic mass is 32.1. The van der Waals surface area contributed by atoms with Crippen molar-refractivity contribution in [2.75, 3.05) is 5.32 Å². The molecule has 162 valence electrons. The Morgan fingerprint density at radius 3 is 2.65 bits per heavy atom. The number of carbonyl (C=O) groups is 2. The van der Waals surface area contributed by atoms with Crippen molar-refractivity contribution in [3.63, 3.8) is 0 Å². The number of hydrogen-bond acceptors (Lipinski definition) is 5. The monoisotopic (exact) mass is 439 g/mol. The third kappa shape index (κ3) is 5.26. The van der Waals surface area contributed by atoms with Gasteiger partial charge in [0.2, 0.25) is 11.8 Å². The molecule has 10 heteroatoms. The summed E-state index contributed by atoms with van der Waals surface area (Å²) in [5.74, 6) is 0.264. The van der Waals surface area contributed by atoms with Gasteiger partial charge >= 0.3 is 0 Å². The number of amides is 2. The Bertz CT molecular complexity index is 1120. The van der Waals surface area contributed by atoms with E-state index in [1.165, 1.54) is 10.9 Å². The molecule has 1 saturated carbocycles. The molecule has 2 heterocycles. The third-order valence-corrected chi connectivity index (χ3v) is 5.62. The molecule has 0 aliphatic heterocycles. The number of H-pyrrole nitrogens is 1. The molecule has 2 aromatic heterocycles. The molecule has 0 spiro atoms. The molecule has 0 radical (unpaired) electrons. The number of nitrogens with zero attached hydrogens (tertiary/aromatic N) is 4. The Labute approximate surface area is 184 Å². The minimum Gasteiger partial charge on any atom is -0.352 e. The summed E-state index contributed by atoms with van der Waals surface area (Å²) in [6.45, 7) is 2.13. The zero-order chi connectivity index (χ0) is 21.8. The first-order valence-electron chi connectivity index (χ1n) is 10.3. The average molecular weight is 440 g/mol. The number of nitrogens with one attached hydrogen (secondary N) is 3. The van der Waals surface area contributed by atoms with E-state index >= 15 is 0 Å². The molecule has 1 aliphatic rings. The summed E-state index contributed by atoms with van der Waals surface area (Å²) >= 11 is 5.30. The van der Waals surface area contributed by atoms with Crippen molar-refractivity contribution in [3.05, 3.63) is 47.0 Å². The Kier molecular flexibility index (Phi) is 6.26. The third-order valence-electron chi connectivity index (χ3n) is 5.31. The zero-order valence-corrected chi connectivity index (χ0v) is 18.1. The fourth-order valence-electron chi connectivity index (χ4n) is 3.74. The van der Waals surface area contributed by atoms with Gasteiger partial charge in [-0.15, -0.1) is 0 Å². The number of aryl methyl sites for hydroxylation is 1. The van der Waals surface area contributed by atoms with Crippen LogP contribution >= 0.6 is 12.2 Å². The predicted molar refractivity (Wildman–Crippen MR) is 119 cm³/mol. The lowest BCUT2D eigenvalue weighted by Gasteiger charge is -2.11. The molecule has 1 fully saturated rings. The van der Waals surface area contributed by atoms with Crippen molar-refractivity contribution in [3.8, 4) is 11.4 Å². The number of anilines is 1. The van der Waals surface area contributed by atoms with Crippen LogP contribution in [-0.2, 0) is 22.7 Å². The maximum Gasteiger partial charge on any atom is 0.244 e. The molecule has 1 aliphatic carbocycles. The normalized spacial score (nSPS) is 14.0. The highest BCUT2D eigenvalue weighted by Crippen LogP contribution is 2.19. The van der Waals surface area contributed by atoms with Crippen LogP contribution in [0.25, 0.3) is 11.4 Å². The number of rotatable bonds is 7. The first kappa shape index (κ1) is 21.0. The largest absolute Gasteiger partial charge is 0.352 e. The Morgan fingerprint density at radius 1 is 1.16 bits per heavy atom. The maximum atomic E-state index is 12.6. The van der Waals surface area contributed by atoms with Gasteiger partial charge in [-0.3, -0.25) is 23.9 Å². The minimum atomic E-state index is -0.263. The van der Waals surface area contributed by atoms with Gasteiger partial charge in [-0.25, -0.2) is 0 Å². The molecule has 31 heavy (non-hydrogen) atoms. The van der Waals surface area contributed by atoms with E-state index in [1.807, 2.05) is 31.2 Å². The minimum absolute atomic E-state index is 0.00584. The average Bonchev–Trinajstić information content (AvgIpc) is 3.47. The van der Waals surface area contributed by atoms with Crippen molar-refractivity contribution in [2.45, 2.75) is 51.7 Å². The van der Waals surface area contributed by atoms with E-state index in [4.69, 9.17) is 12.2 Å². The smallest absolute Gasteiger partial charge is 0.244 e. The molecular formula is C21H25N7O2S. The maximum absolute atomic E-state index is 12.6. The van der Waals surface area contributed by atoms with E-state index in [-0.39, 0.29) is 30.9 Å². The van der Waals surface area contributed by atoms with Crippen molar-refractivity contribution in [1.29, 1.82) is 0 Å². The van der Waals surface area contributed by atoms with E-state index < -0.39 is 0 Å². The molecular weight excluding hydrogens is 414 g/mol. The molecule has 4 rings (SSSR count). The zero-order valence-electron chi connectivity index (χ0n) is 17.3. The van der Waals surface area contributed by atoms with Gasteiger partial charge in [-0.1, -0.05) is 42.7 Å². The van der Waals surface area contributed by atoms with Crippen molar-refractivity contribution in [1.82, 2.24) is 29.9 Å². The van der Waals surface area contributed by atoms with E-state index in [2.05, 4.69) is 25.9 Å². The summed E-state index contributed by atoms with van der Waals surface area (Å²) in [5, 5.41) is 17.0.